The largest absolute Gasteiger partial charge is 0.326 e. The van der Waals surface area contributed by atoms with Gasteiger partial charge in [0.1, 0.15) is 0 Å². The molecular weight excluding hydrogens is 258 g/mol. The van der Waals surface area contributed by atoms with Crippen LogP contribution in [-0.2, 0) is 0 Å². The van der Waals surface area contributed by atoms with Crippen molar-refractivity contribution in [2.75, 3.05) is 26.2 Å². The Morgan fingerprint density at radius 3 is 2.43 bits per heavy atom. The fraction of sp³-hybridized carbons (Fsp3) is 1.00. The van der Waals surface area contributed by atoms with Crippen molar-refractivity contribution in [3.63, 3.8) is 0 Å². The molecule has 1 aliphatic carbocycles. The first-order chi connectivity index (χ1) is 9.95. The summed E-state index contributed by atoms with van der Waals surface area (Å²) in [7, 11) is 0. The number of nitrogens with two attached hydrogens (primary N) is 1. The van der Waals surface area contributed by atoms with E-state index in [4.69, 9.17) is 5.73 Å². The molecule has 122 valence electrons. The highest BCUT2D eigenvalue weighted by Gasteiger charge is 2.39. The first kappa shape index (κ1) is 15.8. The summed E-state index contributed by atoms with van der Waals surface area (Å²) in [6.45, 7) is 12.3. The molecule has 3 fully saturated rings. The van der Waals surface area contributed by atoms with Crippen LogP contribution in [0.3, 0.4) is 0 Å². The van der Waals surface area contributed by atoms with Crippen LogP contribution >= 0.6 is 0 Å². The van der Waals surface area contributed by atoms with Crippen LogP contribution in [0.15, 0.2) is 0 Å². The van der Waals surface area contributed by atoms with Crippen molar-refractivity contribution in [3.8, 4) is 0 Å². The summed E-state index contributed by atoms with van der Waals surface area (Å²) >= 11 is 0. The monoisotopic (exact) mass is 293 g/mol. The van der Waals surface area contributed by atoms with E-state index >= 15 is 0 Å². The van der Waals surface area contributed by atoms with Gasteiger partial charge in [-0.05, 0) is 50.0 Å². The van der Waals surface area contributed by atoms with Gasteiger partial charge in [-0.25, -0.2) is 0 Å². The maximum Gasteiger partial charge on any atom is 0.0251 e. The van der Waals surface area contributed by atoms with E-state index in [0.29, 0.717) is 17.5 Å². The molecule has 2 N–H and O–H groups in total. The Kier molecular flexibility index (Phi) is 4.63. The Morgan fingerprint density at radius 1 is 0.905 bits per heavy atom. The average molecular weight is 293 g/mol. The number of hydrogen-bond acceptors (Lipinski definition) is 3. The van der Waals surface area contributed by atoms with E-state index in [9.17, 15) is 0 Å². The molecule has 0 radical (unpaired) electrons. The van der Waals surface area contributed by atoms with Crippen molar-refractivity contribution < 1.29 is 0 Å². The fourth-order valence-corrected chi connectivity index (χ4v) is 4.86. The predicted octanol–water partition coefficient (Wildman–Crippen LogP) is 2.70. The summed E-state index contributed by atoms with van der Waals surface area (Å²) in [5, 5.41) is 0. The van der Waals surface area contributed by atoms with Crippen molar-refractivity contribution in [2.45, 2.75) is 77.4 Å². The van der Waals surface area contributed by atoms with Gasteiger partial charge in [-0.15, -0.1) is 0 Å². The van der Waals surface area contributed by atoms with Crippen molar-refractivity contribution in [1.82, 2.24) is 9.80 Å². The van der Waals surface area contributed by atoms with Crippen LogP contribution in [0.25, 0.3) is 0 Å². The summed E-state index contributed by atoms with van der Waals surface area (Å²) in [5.41, 5.74) is 6.96. The molecule has 21 heavy (non-hydrogen) atoms. The van der Waals surface area contributed by atoms with Gasteiger partial charge in [-0.3, -0.25) is 9.80 Å². The van der Waals surface area contributed by atoms with Gasteiger partial charge in [0.2, 0.25) is 0 Å². The molecule has 2 saturated heterocycles. The zero-order valence-electron chi connectivity index (χ0n) is 14.4. The second kappa shape index (κ2) is 6.17. The Bertz CT molecular complexity index is 349. The summed E-state index contributed by atoms with van der Waals surface area (Å²) in [4.78, 5) is 5.49. The number of hydrogen-bond donors (Lipinski definition) is 1. The number of piperidine rings is 1. The van der Waals surface area contributed by atoms with Gasteiger partial charge in [0, 0.05) is 37.8 Å². The third kappa shape index (κ3) is 3.46. The molecule has 0 aromatic rings. The number of nitrogens with zero attached hydrogens (tertiary/aromatic N) is 2. The minimum absolute atomic E-state index is 0.402. The molecule has 0 bridgehead atoms. The zero-order chi connectivity index (χ0) is 15.0. The van der Waals surface area contributed by atoms with Gasteiger partial charge in [0.15, 0.2) is 0 Å². The maximum atomic E-state index is 6.53. The molecule has 0 amide bonds. The maximum absolute atomic E-state index is 6.53. The lowest BCUT2D eigenvalue weighted by Gasteiger charge is -2.50. The first-order valence-electron chi connectivity index (χ1n) is 9.19. The Hall–Kier alpha value is -0.120. The first-order valence-corrected chi connectivity index (χ1v) is 9.19. The highest BCUT2D eigenvalue weighted by molar-refractivity contribution is 4.96. The number of piperazine rings is 1. The lowest BCUT2D eigenvalue weighted by atomic mass is 9.69. The van der Waals surface area contributed by atoms with Gasteiger partial charge in [-0.1, -0.05) is 27.2 Å². The van der Waals surface area contributed by atoms with E-state index in [1.165, 1.54) is 64.7 Å². The lowest BCUT2D eigenvalue weighted by Crippen LogP contribution is -2.61. The Morgan fingerprint density at radius 2 is 1.67 bits per heavy atom. The number of rotatable bonds is 1. The smallest absolute Gasteiger partial charge is 0.0251 e. The van der Waals surface area contributed by atoms with E-state index in [-0.39, 0.29) is 0 Å². The lowest BCUT2D eigenvalue weighted by molar-refractivity contribution is -0.00386. The molecule has 3 nitrogen and oxygen atoms in total. The molecule has 3 aliphatic rings. The third-order valence-electron chi connectivity index (χ3n) is 6.43. The second-order valence-electron chi connectivity index (χ2n) is 8.79. The van der Waals surface area contributed by atoms with Gasteiger partial charge < -0.3 is 5.73 Å². The molecule has 3 heteroatoms. The van der Waals surface area contributed by atoms with Gasteiger partial charge in [-0.2, -0.15) is 0 Å². The van der Waals surface area contributed by atoms with Crippen LogP contribution in [0.4, 0.5) is 0 Å². The molecule has 2 heterocycles. The second-order valence-corrected chi connectivity index (χ2v) is 8.79. The van der Waals surface area contributed by atoms with Crippen LogP contribution in [0, 0.1) is 11.3 Å². The van der Waals surface area contributed by atoms with E-state index < -0.39 is 0 Å². The molecule has 0 spiro atoms. The van der Waals surface area contributed by atoms with Gasteiger partial charge in [0.25, 0.3) is 0 Å². The summed E-state index contributed by atoms with van der Waals surface area (Å²) in [6.07, 6.45) is 8.10. The summed E-state index contributed by atoms with van der Waals surface area (Å²) in [5.74, 6) is 0.840. The van der Waals surface area contributed by atoms with E-state index in [0.717, 1.165) is 12.0 Å². The van der Waals surface area contributed by atoms with Crippen molar-refractivity contribution in [2.24, 2.45) is 17.1 Å². The zero-order valence-corrected chi connectivity index (χ0v) is 14.4. The molecule has 0 aromatic heterocycles. The van der Waals surface area contributed by atoms with Gasteiger partial charge >= 0.3 is 0 Å². The Balaban J connectivity index is 1.64. The highest BCUT2D eigenvalue weighted by atomic mass is 15.3. The van der Waals surface area contributed by atoms with Crippen LogP contribution in [0.1, 0.15) is 59.3 Å². The summed E-state index contributed by atoms with van der Waals surface area (Å²) in [6, 6.07) is 1.85. The van der Waals surface area contributed by atoms with E-state index in [1.807, 2.05) is 0 Å². The van der Waals surface area contributed by atoms with Crippen molar-refractivity contribution >= 4 is 0 Å². The Labute approximate surface area is 131 Å². The molecule has 4 unspecified atom stereocenters. The molecular formula is C18H35N3. The van der Waals surface area contributed by atoms with Crippen LogP contribution in [-0.4, -0.2) is 54.1 Å². The predicted molar refractivity (Wildman–Crippen MR) is 89.3 cm³/mol. The van der Waals surface area contributed by atoms with Crippen molar-refractivity contribution in [1.29, 1.82) is 0 Å². The molecule has 0 aromatic carbocycles. The molecule has 1 saturated carbocycles. The van der Waals surface area contributed by atoms with Crippen LogP contribution in [0.5, 0.6) is 0 Å². The molecule has 3 rings (SSSR count). The summed E-state index contributed by atoms with van der Waals surface area (Å²) < 4.78 is 0. The minimum atomic E-state index is 0.402. The van der Waals surface area contributed by atoms with Crippen LogP contribution < -0.4 is 5.73 Å². The normalized spacial score (nSPS) is 40.0. The minimum Gasteiger partial charge on any atom is -0.326 e. The number of fused-ring (bicyclic) bond motifs is 1. The molecule has 2 aliphatic heterocycles. The SMILES string of the molecule is CC(C)(C)C1CCC(N)C(N2CCN3CCCCC3C2)C1. The fourth-order valence-electron chi connectivity index (χ4n) is 4.86. The van der Waals surface area contributed by atoms with Crippen LogP contribution in [0.2, 0.25) is 0 Å². The topological polar surface area (TPSA) is 32.5 Å². The third-order valence-corrected chi connectivity index (χ3v) is 6.43. The van der Waals surface area contributed by atoms with E-state index in [2.05, 4.69) is 30.6 Å². The van der Waals surface area contributed by atoms with Crippen molar-refractivity contribution in [3.05, 3.63) is 0 Å². The average Bonchev–Trinajstić information content (AvgIpc) is 2.46. The standard InChI is InChI=1S/C18H35N3/c1-18(2,3)14-7-8-16(19)17(12-14)21-11-10-20-9-5-4-6-15(20)13-21/h14-17H,4-13,19H2,1-3H3. The highest BCUT2D eigenvalue weighted by Crippen LogP contribution is 2.39. The van der Waals surface area contributed by atoms with E-state index in [1.54, 1.807) is 0 Å². The van der Waals surface area contributed by atoms with Gasteiger partial charge in [0.05, 0.1) is 0 Å². The quantitative estimate of drug-likeness (QED) is 0.807. The molecule has 4 atom stereocenters.